The van der Waals surface area contributed by atoms with Crippen molar-refractivity contribution in [1.82, 2.24) is 29.4 Å². The Hall–Kier alpha value is -4.92. The summed E-state index contributed by atoms with van der Waals surface area (Å²) in [6.07, 6.45) is 3.71. The van der Waals surface area contributed by atoms with Gasteiger partial charge >= 0.3 is 0 Å². The zero-order valence-corrected chi connectivity index (χ0v) is 28.2. The minimum atomic E-state index is -0.0505. The molecule has 1 saturated heterocycles. The van der Waals surface area contributed by atoms with Crippen molar-refractivity contribution in [2.24, 2.45) is 0 Å². The average Bonchev–Trinajstić information content (AvgIpc) is 3.64. The Morgan fingerprint density at radius 3 is 2.04 bits per heavy atom. The van der Waals surface area contributed by atoms with Crippen LogP contribution in [0.3, 0.4) is 0 Å². The first-order valence-corrected chi connectivity index (χ1v) is 17.9. The molecule has 6 aromatic rings. The van der Waals surface area contributed by atoms with Gasteiger partial charge in [-0.3, -0.25) is 9.59 Å². The second kappa shape index (κ2) is 11.9. The highest BCUT2D eigenvalue weighted by molar-refractivity contribution is 6.18. The molecular weight excluding hydrogens is 608 g/mol. The normalized spacial score (nSPS) is 14.7. The van der Waals surface area contributed by atoms with Crippen LogP contribution in [0.5, 0.6) is 0 Å². The summed E-state index contributed by atoms with van der Waals surface area (Å²) < 4.78 is 3.35. The van der Waals surface area contributed by atoms with Crippen LogP contribution in [0.4, 0.5) is 0 Å². The fourth-order valence-corrected chi connectivity index (χ4v) is 8.39. The number of rotatable bonds is 9. The molecule has 0 bridgehead atoms. The Balaban J connectivity index is 1.18. The van der Waals surface area contributed by atoms with Crippen LogP contribution in [0.15, 0.2) is 82.4 Å². The maximum atomic E-state index is 14.5. The zero-order valence-electron chi connectivity index (χ0n) is 28.2. The van der Waals surface area contributed by atoms with E-state index in [1.54, 1.807) is 9.36 Å². The first kappa shape index (κ1) is 30.2. The molecule has 0 atom stereocenters. The predicted octanol–water partition coefficient (Wildman–Crippen LogP) is 6.90. The molecule has 0 N–H and O–H groups in total. The average molecular weight is 649 g/mol. The van der Waals surface area contributed by atoms with Gasteiger partial charge in [0.25, 0.3) is 11.1 Å². The zero-order chi connectivity index (χ0) is 33.2. The van der Waals surface area contributed by atoms with Crippen molar-refractivity contribution in [3.8, 4) is 55.9 Å². The van der Waals surface area contributed by atoms with Gasteiger partial charge in [0.1, 0.15) is 11.4 Å². The van der Waals surface area contributed by atoms with E-state index in [2.05, 4.69) is 84.3 Å². The van der Waals surface area contributed by atoms with E-state index < -0.39 is 0 Å². The van der Waals surface area contributed by atoms with Gasteiger partial charge in [-0.25, -0.2) is 9.36 Å². The molecule has 3 aliphatic rings. The number of likely N-dealkylation sites (N-methyl/N-ethyl adjacent to an activating group) is 1. The first-order chi connectivity index (χ1) is 24.1. The molecule has 3 heterocycles. The summed E-state index contributed by atoms with van der Waals surface area (Å²) >= 11 is 0. The number of benzene rings is 4. The van der Waals surface area contributed by atoms with Gasteiger partial charge < -0.3 is 9.80 Å². The first-order valence-electron chi connectivity index (χ1n) is 17.9. The maximum absolute atomic E-state index is 14.5. The number of hydrogen-bond acceptors (Lipinski definition) is 6. The number of hydrogen-bond donors (Lipinski definition) is 0. The van der Waals surface area contributed by atoms with Crippen molar-refractivity contribution in [3.63, 3.8) is 0 Å². The van der Waals surface area contributed by atoms with Crippen molar-refractivity contribution in [3.05, 3.63) is 93.5 Å². The van der Waals surface area contributed by atoms with Crippen molar-refractivity contribution in [2.75, 3.05) is 39.3 Å². The van der Waals surface area contributed by atoms with Crippen molar-refractivity contribution in [2.45, 2.75) is 46.2 Å². The molecule has 246 valence electrons. The molecule has 4 aromatic carbocycles. The van der Waals surface area contributed by atoms with E-state index in [4.69, 9.17) is 10.2 Å². The Morgan fingerprint density at radius 2 is 1.24 bits per heavy atom. The number of aromatic nitrogens is 4. The smallest absolute Gasteiger partial charge is 0.275 e. The summed E-state index contributed by atoms with van der Waals surface area (Å²) in [4.78, 5) is 32.9. The summed E-state index contributed by atoms with van der Waals surface area (Å²) in [6, 6.07) is 25.0. The lowest BCUT2D eigenvalue weighted by atomic mass is 9.93. The fourth-order valence-electron chi connectivity index (χ4n) is 8.39. The Bertz CT molecular complexity index is 2420. The van der Waals surface area contributed by atoms with Crippen LogP contribution in [-0.4, -0.2) is 68.6 Å². The highest BCUT2D eigenvalue weighted by Crippen LogP contribution is 2.49. The van der Waals surface area contributed by atoms with E-state index in [1.807, 2.05) is 12.1 Å². The van der Waals surface area contributed by atoms with E-state index in [0.29, 0.717) is 18.5 Å². The quantitative estimate of drug-likeness (QED) is 0.170. The molecule has 8 heteroatoms. The predicted molar refractivity (Wildman–Crippen MR) is 198 cm³/mol. The lowest BCUT2D eigenvalue weighted by Gasteiger charge is -2.26. The third kappa shape index (κ3) is 4.72. The highest BCUT2D eigenvalue weighted by Gasteiger charge is 2.29. The van der Waals surface area contributed by atoms with Gasteiger partial charge in [0.15, 0.2) is 0 Å². The van der Waals surface area contributed by atoms with E-state index in [9.17, 15) is 9.59 Å². The second-order valence-electron chi connectivity index (χ2n) is 13.6. The van der Waals surface area contributed by atoms with Gasteiger partial charge in [0.2, 0.25) is 0 Å². The third-order valence-electron chi connectivity index (χ3n) is 11.0. The van der Waals surface area contributed by atoms with Crippen molar-refractivity contribution < 1.29 is 0 Å². The monoisotopic (exact) mass is 648 g/mol. The topological polar surface area (TPSA) is 76.3 Å². The molecule has 0 amide bonds. The number of likely N-dealkylation sites (tertiary alicyclic amines) is 1. The molecule has 1 aliphatic heterocycles. The van der Waals surface area contributed by atoms with Gasteiger partial charge in [-0.2, -0.15) is 10.2 Å². The Kier molecular flexibility index (Phi) is 7.32. The van der Waals surface area contributed by atoms with E-state index in [1.165, 1.54) is 19.3 Å². The summed E-state index contributed by atoms with van der Waals surface area (Å²) in [5, 5.41) is 13.3. The van der Waals surface area contributed by atoms with Crippen LogP contribution < -0.4 is 11.1 Å². The largest absolute Gasteiger partial charge is 0.302 e. The summed E-state index contributed by atoms with van der Waals surface area (Å²) in [7, 11) is 0. The Labute approximate surface area is 285 Å². The maximum Gasteiger partial charge on any atom is 0.275 e. The summed E-state index contributed by atoms with van der Waals surface area (Å²) in [5.74, 6) is 0. The van der Waals surface area contributed by atoms with Gasteiger partial charge in [0, 0.05) is 35.0 Å². The molecule has 0 saturated carbocycles. The van der Waals surface area contributed by atoms with Crippen molar-refractivity contribution >= 4 is 21.5 Å². The summed E-state index contributed by atoms with van der Waals surface area (Å²) in [5.41, 5.74) is 9.88. The van der Waals surface area contributed by atoms with Gasteiger partial charge in [-0.15, -0.1) is 0 Å². The summed E-state index contributed by atoms with van der Waals surface area (Å²) in [6.45, 7) is 11.0. The number of fused-ring (bicyclic) bond motifs is 6. The van der Waals surface area contributed by atoms with E-state index >= 15 is 0 Å². The minimum Gasteiger partial charge on any atom is -0.302 e. The highest BCUT2D eigenvalue weighted by atomic mass is 16.1. The minimum absolute atomic E-state index is 0.0433. The molecule has 0 spiro atoms. The van der Waals surface area contributed by atoms with Gasteiger partial charge in [-0.05, 0) is 84.5 Å². The molecule has 2 aliphatic carbocycles. The van der Waals surface area contributed by atoms with Crippen LogP contribution in [0, 0.1) is 0 Å². The number of piperidine rings is 1. The third-order valence-corrected chi connectivity index (χ3v) is 11.0. The second-order valence-corrected chi connectivity index (χ2v) is 13.6. The van der Waals surface area contributed by atoms with Crippen LogP contribution in [0.2, 0.25) is 0 Å². The Morgan fingerprint density at radius 1 is 0.592 bits per heavy atom. The number of nitrogens with zero attached hydrogens (tertiary/aromatic N) is 6. The lowest BCUT2D eigenvalue weighted by molar-refractivity contribution is 0.217. The van der Waals surface area contributed by atoms with Crippen LogP contribution in [-0.2, 0) is 13.1 Å². The van der Waals surface area contributed by atoms with Crippen LogP contribution in [0.25, 0.3) is 77.4 Å². The van der Waals surface area contributed by atoms with Crippen LogP contribution >= 0.6 is 0 Å². The van der Waals surface area contributed by atoms with E-state index in [0.717, 1.165) is 111 Å². The van der Waals surface area contributed by atoms with Crippen molar-refractivity contribution in [1.29, 1.82) is 0 Å². The molecular formula is C41H40N6O2. The van der Waals surface area contributed by atoms with Crippen LogP contribution in [0.1, 0.15) is 33.1 Å². The molecule has 9 rings (SSSR count). The van der Waals surface area contributed by atoms with Gasteiger partial charge in [-0.1, -0.05) is 80.9 Å². The SMILES string of the molecule is CCN(CC)CCn1nc2c3c(cccc3c1=O)-c1cc(-c3ccc4c5c(nn(CCN6CCCCC6)c(=O)c35)-c3ccccc3-4)ccc1-2. The standard InChI is InChI=1S/C41H40N6O2/c1-3-44(4-2)21-23-46-40(48)33-14-10-13-29-34-25-26(15-16-32(34)38(42-46)35(29)33)27-17-18-30-28-11-6-7-12-31(28)39-36(30)37(27)41(49)47(43-39)24-22-45-19-8-5-9-20-45/h6-7,10-18,25H,3-5,8-9,19-24H2,1-2H3. The van der Waals surface area contributed by atoms with E-state index in [-0.39, 0.29) is 11.1 Å². The molecule has 0 unspecified atom stereocenters. The molecule has 1 fully saturated rings. The fraction of sp³-hybridized carbons (Fsp3) is 0.317. The lowest BCUT2D eigenvalue weighted by Crippen LogP contribution is -2.35. The molecule has 8 nitrogen and oxygen atoms in total. The molecule has 49 heavy (non-hydrogen) atoms. The van der Waals surface area contributed by atoms with Gasteiger partial charge in [0.05, 0.1) is 23.9 Å². The molecule has 0 radical (unpaired) electrons. The molecule has 2 aromatic heterocycles.